The van der Waals surface area contributed by atoms with Crippen molar-refractivity contribution in [3.63, 3.8) is 0 Å². The van der Waals surface area contributed by atoms with Gasteiger partial charge in [0, 0.05) is 91.1 Å². The van der Waals surface area contributed by atoms with E-state index in [-0.39, 0.29) is 23.1 Å². The van der Waals surface area contributed by atoms with Crippen molar-refractivity contribution in [3.05, 3.63) is 146 Å². The van der Waals surface area contributed by atoms with Crippen LogP contribution >= 0.6 is 11.3 Å². The molecule has 10 rings (SSSR count). The minimum absolute atomic E-state index is 0.0818. The van der Waals surface area contributed by atoms with Crippen LogP contribution < -0.4 is 14.5 Å². The second-order valence-electron chi connectivity index (χ2n) is 18.2. The largest absolute Gasteiger partial charge is 0.508 e. The van der Waals surface area contributed by atoms with Crippen LogP contribution in [-0.4, -0.2) is 94.1 Å². The lowest BCUT2D eigenvalue weighted by atomic mass is 9.69. The number of β-amino-alcohol motifs (C(OH)–C–C–N with tert-alkyl or cyclic N) is 1. The number of aromatic nitrogens is 3. The number of thiophene rings is 1. The summed E-state index contributed by atoms with van der Waals surface area (Å²) >= 11 is 1.58. The molecule has 13 heteroatoms. The molecule has 5 heterocycles. The SMILES string of the molecule is COc1cc(N2CCN(CC3(O)CCN(c4cc(F)c(C5=N[C@@H](C)c6nnc(C)n6-c6sc(C)c(C)c65)cc4F)CC3)CC2)ccc1[C@H]1c2ccc(O)cc2CC[C@H]1c1ccccc1. The Morgan fingerprint density at radius 1 is 0.844 bits per heavy atom. The molecule has 4 aromatic carbocycles. The van der Waals surface area contributed by atoms with Crippen LogP contribution in [0, 0.1) is 32.4 Å². The van der Waals surface area contributed by atoms with Crippen molar-refractivity contribution in [2.24, 2.45) is 4.99 Å². The Morgan fingerprint density at radius 2 is 1.59 bits per heavy atom. The number of phenols is 1. The standard InChI is InChI=1S/C51H55F2N7O3S/c1-30-32(3)64-50-46(30)48(54-31(2)49-56-55-33(4)60(49)50)41-27-43(53)44(28-42(41)52)59-19-17-51(62,18-20-59)29-57-21-23-58(24-22-57)36-12-15-40(45(26-36)63-5)47-38(34-9-7-6-8-10-34)14-11-35-25-37(61)13-16-39(35)47/h6-10,12-13,15-16,25-28,31,38,47,61-62H,11,14,17-24,29H2,1-5H3/t31-,38-,47+/m0/s1. The van der Waals surface area contributed by atoms with E-state index in [0.717, 1.165) is 82.9 Å². The molecule has 2 aromatic heterocycles. The first-order valence-electron chi connectivity index (χ1n) is 22.5. The minimum atomic E-state index is -0.936. The molecule has 0 amide bonds. The number of benzene rings is 4. The maximum absolute atomic E-state index is 16.3. The Morgan fingerprint density at radius 3 is 2.34 bits per heavy atom. The molecule has 0 radical (unpaired) electrons. The highest BCUT2D eigenvalue weighted by Crippen LogP contribution is 2.50. The molecule has 6 aromatic rings. The second-order valence-corrected chi connectivity index (χ2v) is 19.4. The van der Waals surface area contributed by atoms with Gasteiger partial charge >= 0.3 is 0 Å². The molecule has 64 heavy (non-hydrogen) atoms. The Balaban J connectivity index is 0.800. The maximum Gasteiger partial charge on any atom is 0.162 e. The molecule has 2 fully saturated rings. The number of hydrogen-bond donors (Lipinski definition) is 2. The van der Waals surface area contributed by atoms with Crippen LogP contribution in [0.2, 0.25) is 0 Å². The third-order valence-electron chi connectivity index (χ3n) is 14.3. The van der Waals surface area contributed by atoms with Gasteiger partial charge in [0.2, 0.25) is 0 Å². The average molecular weight is 884 g/mol. The van der Waals surface area contributed by atoms with Gasteiger partial charge in [-0.15, -0.1) is 21.5 Å². The van der Waals surface area contributed by atoms with Gasteiger partial charge in [-0.1, -0.05) is 42.5 Å². The summed E-state index contributed by atoms with van der Waals surface area (Å²) in [6.45, 7) is 12.3. The van der Waals surface area contributed by atoms with Crippen molar-refractivity contribution in [2.75, 3.05) is 62.7 Å². The van der Waals surface area contributed by atoms with Crippen molar-refractivity contribution in [2.45, 2.75) is 76.9 Å². The number of anilines is 2. The van der Waals surface area contributed by atoms with Crippen molar-refractivity contribution in [1.82, 2.24) is 19.7 Å². The first kappa shape index (κ1) is 42.3. The predicted molar refractivity (Wildman–Crippen MR) is 249 cm³/mol. The summed E-state index contributed by atoms with van der Waals surface area (Å²) in [7, 11) is 1.75. The number of aromatic hydroxyl groups is 1. The van der Waals surface area contributed by atoms with E-state index in [1.54, 1.807) is 24.5 Å². The first-order chi connectivity index (χ1) is 30.9. The summed E-state index contributed by atoms with van der Waals surface area (Å²) in [5.41, 5.74) is 7.54. The first-order valence-corrected chi connectivity index (χ1v) is 23.3. The van der Waals surface area contributed by atoms with Gasteiger partial charge in [-0.3, -0.25) is 14.5 Å². The topological polar surface area (TPSA) is 102 Å². The van der Waals surface area contributed by atoms with Gasteiger partial charge in [-0.05, 0) is 106 Å². The number of aryl methyl sites for hydroxylation is 3. The molecule has 0 saturated carbocycles. The molecule has 332 valence electrons. The summed E-state index contributed by atoms with van der Waals surface area (Å²) in [5, 5.41) is 31.7. The molecular formula is C51H55F2N7O3S. The monoisotopic (exact) mass is 883 g/mol. The summed E-state index contributed by atoms with van der Waals surface area (Å²) in [4.78, 5) is 12.6. The zero-order chi connectivity index (χ0) is 44.4. The smallest absolute Gasteiger partial charge is 0.162 e. The normalized spacial score (nSPS) is 20.9. The van der Waals surface area contributed by atoms with E-state index in [0.29, 0.717) is 49.8 Å². The van der Waals surface area contributed by atoms with E-state index in [9.17, 15) is 10.2 Å². The molecule has 0 spiro atoms. The number of fused-ring (bicyclic) bond motifs is 4. The molecular weight excluding hydrogens is 829 g/mol. The van der Waals surface area contributed by atoms with Gasteiger partial charge < -0.3 is 24.7 Å². The van der Waals surface area contributed by atoms with Crippen molar-refractivity contribution in [1.29, 1.82) is 0 Å². The highest BCUT2D eigenvalue weighted by Gasteiger charge is 2.38. The zero-order valence-electron chi connectivity index (χ0n) is 37.1. The minimum Gasteiger partial charge on any atom is -0.508 e. The lowest BCUT2D eigenvalue weighted by Crippen LogP contribution is -2.55. The number of nitrogens with zero attached hydrogens (tertiary/aromatic N) is 7. The fraction of sp³-hybridized carbons (Fsp3) is 0.392. The summed E-state index contributed by atoms with van der Waals surface area (Å²) in [6.07, 6.45) is 2.78. The van der Waals surface area contributed by atoms with Crippen molar-refractivity contribution >= 4 is 28.4 Å². The van der Waals surface area contributed by atoms with E-state index in [2.05, 4.69) is 74.6 Å². The number of hydrogen-bond acceptors (Lipinski definition) is 10. The molecule has 10 nitrogen and oxygen atoms in total. The van der Waals surface area contributed by atoms with Crippen LogP contribution in [0.5, 0.6) is 11.5 Å². The Labute approximate surface area is 377 Å². The Bertz CT molecular complexity index is 2750. The zero-order valence-corrected chi connectivity index (χ0v) is 37.9. The van der Waals surface area contributed by atoms with E-state index in [1.807, 2.05) is 43.2 Å². The van der Waals surface area contributed by atoms with Gasteiger partial charge in [0.25, 0.3) is 0 Å². The van der Waals surface area contributed by atoms with Crippen LogP contribution in [0.25, 0.3) is 5.00 Å². The summed E-state index contributed by atoms with van der Waals surface area (Å²) in [5.74, 6) is 1.86. The van der Waals surface area contributed by atoms with Crippen molar-refractivity contribution < 1.29 is 23.7 Å². The molecule has 2 N–H and O–H groups in total. The Hall–Kier alpha value is -5.63. The number of piperazine rings is 1. The average Bonchev–Trinajstić information content (AvgIpc) is 3.79. The number of piperidine rings is 1. The quantitative estimate of drug-likeness (QED) is 0.156. The van der Waals surface area contributed by atoms with Crippen LogP contribution in [0.3, 0.4) is 0 Å². The summed E-state index contributed by atoms with van der Waals surface area (Å²) < 4.78 is 40.7. The molecule has 0 unspecified atom stereocenters. The van der Waals surface area contributed by atoms with Gasteiger partial charge in [0.15, 0.2) is 5.82 Å². The fourth-order valence-electron chi connectivity index (χ4n) is 10.7. The van der Waals surface area contributed by atoms with E-state index in [4.69, 9.17) is 9.73 Å². The van der Waals surface area contributed by atoms with E-state index in [1.165, 1.54) is 28.8 Å². The lowest BCUT2D eigenvalue weighted by Gasteiger charge is -2.44. The predicted octanol–water partition coefficient (Wildman–Crippen LogP) is 9.17. The maximum atomic E-state index is 16.3. The number of methoxy groups -OCH3 is 1. The van der Waals surface area contributed by atoms with Crippen LogP contribution in [-0.2, 0) is 6.42 Å². The third kappa shape index (κ3) is 7.54. The van der Waals surface area contributed by atoms with Gasteiger partial charge in [-0.2, -0.15) is 0 Å². The number of phenolic OH excluding ortho intramolecular Hbond substituents is 1. The molecule has 3 aliphatic heterocycles. The van der Waals surface area contributed by atoms with E-state index < -0.39 is 23.3 Å². The highest BCUT2D eigenvalue weighted by molar-refractivity contribution is 7.15. The summed E-state index contributed by atoms with van der Waals surface area (Å²) in [6, 6.07) is 25.3. The number of rotatable bonds is 8. The fourth-order valence-corrected chi connectivity index (χ4v) is 11.9. The molecule has 2 saturated heterocycles. The number of halogens is 2. The van der Waals surface area contributed by atoms with Crippen LogP contribution in [0.4, 0.5) is 20.2 Å². The van der Waals surface area contributed by atoms with Gasteiger partial charge in [0.05, 0.1) is 24.1 Å². The van der Waals surface area contributed by atoms with E-state index >= 15 is 8.78 Å². The second kappa shape index (κ2) is 16.7. The highest BCUT2D eigenvalue weighted by atomic mass is 32.1. The third-order valence-corrected chi connectivity index (χ3v) is 15.5. The molecule has 1 aliphatic carbocycles. The van der Waals surface area contributed by atoms with Gasteiger partial charge in [0.1, 0.15) is 40.0 Å². The Kier molecular flexibility index (Phi) is 11.1. The van der Waals surface area contributed by atoms with Crippen LogP contribution in [0.1, 0.15) is 99.5 Å². The molecule has 0 bridgehead atoms. The molecule has 3 atom stereocenters. The number of aliphatic imine (C=N–C) groups is 1. The lowest BCUT2D eigenvalue weighted by molar-refractivity contribution is -0.0174. The van der Waals surface area contributed by atoms with Gasteiger partial charge in [-0.25, -0.2) is 8.78 Å². The number of aliphatic hydroxyl groups is 1. The molecule has 4 aliphatic rings. The van der Waals surface area contributed by atoms with Crippen molar-refractivity contribution in [3.8, 4) is 16.5 Å². The number of ether oxygens (including phenoxy) is 1. The van der Waals surface area contributed by atoms with Crippen LogP contribution in [0.15, 0.2) is 83.9 Å².